The summed E-state index contributed by atoms with van der Waals surface area (Å²) < 4.78 is 31.1. The van der Waals surface area contributed by atoms with Gasteiger partial charge in [0.15, 0.2) is 0 Å². The summed E-state index contributed by atoms with van der Waals surface area (Å²) in [4.78, 5) is 4.06. The van der Waals surface area contributed by atoms with E-state index in [1.165, 1.54) is 0 Å². The Balaban J connectivity index is 2.28. The van der Waals surface area contributed by atoms with E-state index in [1.807, 2.05) is 12.1 Å². The van der Waals surface area contributed by atoms with E-state index < -0.39 is 10.0 Å². The molecule has 1 aromatic heterocycles. The maximum absolute atomic E-state index is 11.8. The zero-order chi connectivity index (χ0) is 14.1. The molecule has 0 spiro atoms. The normalized spacial score (nSPS) is 13.4. The second-order valence-corrected chi connectivity index (χ2v) is 7.38. The van der Waals surface area contributed by atoms with Crippen LogP contribution in [0.25, 0.3) is 0 Å². The molecule has 0 saturated carbocycles. The van der Waals surface area contributed by atoms with Crippen LogP contribution in [0, 0.1) is 0 Å². The molecule has 1 atom stereocenters. The van der Waals surface area contributed by atoms with Gasteiger partial charge >= 0.3 is 0 Å². The Kier molecular flexibility index (Phi) is 7.52. The third-order valence-corrected chi connectivity index (χ3v) is 4.64. The largest absolute Gasteiger partial charge is 0.384 e. The van der Waals surface area contributed by atoms with E-state index in [0.29, 0.717) is 26.0 Å². The summed E-state index contributed by atoms with van der Waals surface area (Å²) in [5, 5.41) is 0. The number of pyridine rings is 1. The molecular formula is C12H19BrN2O3S. The molecule has 5 nitrogen and oxygen atoms in total. The minimum absolute atomic E-state index is 0.0915. The number of halogens is 1. The number of rotatable bonds is 9. The highest BCUT2D eigenvalue weighted by Gasteiger charge is 2.11. The van der Waals surface area contributed by atoms with Crippen LogP contribution in [0.5, 0.6) is 0 Å². The molecule has 1 unspecified atom stereocenters. The fourth-order valence-electron chi connectivity index (χ4n) is 1.51. The van der Waals surface area contributed by atoms with E-state index in [1.54, 1.807) is 19.5 Å². The van der Waals surface area contributed by atoms with Crippen molar-refractivity contribution in [3.8, 4) is 0 Å². The van der Waals surface area contributed by atoms with Gasteiger partial charge in [0.25, 0.3) is 0 Å². The number of alkyl halides is 1. The minimum Gasteiger partial charge on any atom is -0.384 e. The zero-order valence-corrected chi connectivity index (χ0v) is 13.3. The fourth-order valence-corrected chi connectivity index (χ4v) is 3.08. The predicted molar refractivity (Wildman–Crippen MR) is 78.9 cm³/mol. The van der Waals surface area contributed by atoms with Gasteiger partial charge in [-0.1, -0.05) is 15.9 Å². The molecule has 0 fully saturated rings. The van der Waals surface area contributed by atoms with Gasteiger partial charge in [-0.25, -0.2) is 13.1 Å². The lowest BCUT2D eigenvalue weighted by atomic mass is 10.2. The fraction of sp³-hybridized carbons (Fsp3) is 0.583. The highest BCUT2D eigenvalue weighted by Crippen LogP contribution is 2.05. The molecule has 0 aliphatic rings. The Morgan fingerprint density at radius 3 is 2.74 bits per heavy atom. The van der Waals surface area contributed by atoms with Crippen molar-refractivity contribution in [2.45, 2.75) is 17.7 Å². The molecule has 1 aromatic rings. The van der Waals surface area contributed by atoms with Crippen molar-refractivity contribution < 1.29 is 13.2 Å². The Morgan fingerprint density at radius 1 is 1.42 bits per heavy atom. The Bertz CT molecular complexity index is 453. The summed E-state index contributed by atoms with van der Waals surface area (Å²) in [6, 6.07) is 3.64. The van der Waals surface area contributed by atoms with Crippen LogP contribution in [-0.2, 0) is 21.2 Å². The van der Waals surface area contributed by atoms with E-state index in [9.17, 15) is 8.42 Å². The van der Waals surface area contributed by atoms with Crippen LogP contribution in [0.4, 0.5) is 0 Å². The first-order valence-corrected chi connectivity index (χ1v) is 8.59. The second-order valence-electron chi connectivity index (χ2n) is 4.16. The maximum Gasteiger partial charge on any atom is 0.211 e. The SMILES string of the molecule is COCC(Br)CCNS(=O)(=O)CCc1ccncc1. The molecule has 0 aromatic carbocycles. The van der Waals surface area contributed by atoms with Gasteiger partial charge in [0.2, 0.25) is 10.0 Å². The van der Waals surface area contributed by atoms with Crippen LogP contribution in [0.15, 0.2) is 24.5 Å². The van der Waals surface area contributed by atoms with Gasteiger partial charge in [0.05, 0.1) is 12.4 Å². The third kappa shape index (κ3) is 7.61. The van der Waals surface area contributed by atoms with Crippen LogP contribution in [0.1, 0.15) is 12.0 Å². The topological polar surface area (TPSA) is 68.3 Å². The molecule has 0 bridgehead atoms. The van der Waals surface area contributed by atoms with Gasteiger partial charge in [0, 0.05) is 30.9 Å². The molecule has 0 radical (unpaired) electrons. The Labute approximate surface area is 122 Å². The molecule has 0 amide bonds. The number of sulfonamides is 1. The van der Waals surface area contributed by atoms with Gasteiger partial charge in [-0.2, -0.15) is 0 Å². The number of methoxy groups -OCH3 is 1. The Hall–Kier alpha value is -0.500. The van der Waals surface area contributed by atoms with E-state index in [4.69, 9.17) is 4.74 Å². The standard InChI is InChI=1S/C12H19BrN2O3S/c1-18-10-12(13)4-8-15-19(16,17)9-5-11-2-6-14-7-3-11/h2-3,6-7,12,15H,4-5,8-10H2,1H3. The maximum atomic E-state index is 11.8. The molecule has 108 valence electrons. The number of hydrogen-bond donors (Lipinski definition) is 1. The van der Waals surface area contributed by atoms with Crippen LogP contribution >= 0.6 is 15.9 Å². The van der Waals surface area contributed by atoms with Gasteiger partial charge < -0.3 is 4.74 Å². The third-order valence-electron chi connectivity index (χ3n) is 2.54. The van der Waals surface area contributed by atoms with Crippen molar-refractivity contribution in [3.63, 3.8) is 0 Å². The molecule has 7 heteroatoms. The van der Waals surface area contributed by atoms with Crippen molar-refractivity contribution >= 4 is 26.0 Å². The van der Waals surface area contributed by atoms with Gasteiger partial charge in [-0.05, 0) is 30.5 Å². The van der Waals surface area contributed by atoms with Crippen LogP contribution < -0.4 is 4.72 Å². The summed E-state index contributed by atoms with van der Waals surface area (Å²) in [5.41, 5.74) is 0.970. The predicted octanol–water partition coefficient (Wildman–Crippen LogP) is 1.34. The molecular weight excluding hydrogens is 332 g/mol. The number of nitrogens with zero attached hydrogens (tertiary/aromatic N) is 1. The van der Waals surface area contributed by atoms with Crippen molar-refractivity contribution in [1.82, 2.24) is 9.71 Å². The van der Waals surface area contributed by atoms with E-state index in [-0.39, 0.29) is 10.6 Å². The molecule has 1 N–H and O–H groups in total. The monoisotopic (exact) mass is 350 g/mol. The summed E-state index contributed by atoms with van der Waals surface area (Å²) in [7, 11) is -1.60. The summed E-state index contributed by atoms with van der Waals surface area (Å²) in [5.74, 6) is 0.0915. The number of ether oxygens (including phenoxy) is 1. The Morgan fingerprint density at radius 2 is 2.11 bits per heavy atom. The first kappa shape index (κ1) is 16.6. The van der Waals surface area contributed by atoms with E-state index in [0.717, 1.165) is 5.56 Å². The smallest absolute Gasteiger partial charge is 0.211 e. The van der Waals surface area contributed by atoms with Gasteiger partial charge in [-0.15, -0.1) is 0 Å². The molecule has 19 heavy (non-hydrogen) atoms. The summed E-state index contributed by atoms with van der Waals surface area (Å²) in [6.07, 6.45) is 4.51. The molecule has 0 aliphatic heterocycles. The van der Waals surface area contributed by atoms with Gasteiger partial charge in [0.1, 0.15) is 0 Å². The highest BCUT2D eigenvalue weighted by atomic mass is 79.9. The number of hydrogen-bond acceptors (Lipinski definition) is 4. The average Bonchev–Trinajstić information content (AvgIpc) is 2.38. The number of aryl methyl sites for hydroxylation is 1. The van der Waals surface area contributed by atoms with Crippen molar-refractivity contribution in [1.29, 1.82) is 0 Å². The molecule has 1 heterocycles. The summed E-state index contributed by atoms with van der Waals surface area (Å²) >= 11 is 3.41. The first-order chi connectivity index (χ1) is 9.03. The molecule has 1 rings (SSSR count). The average molecular weight is 351 g/mol. The van der Waals surface area contributed by atoms with E-state index in [2.05, 4.69) is 25.6 Å². The lowest BCUT2D eigenvalue weighted by molar-refractivity contribution is 0.199. The minimum atomic E-state index is -3.22. The van der Waals surface area contributed by atoms with Crippen LogP contribution in [0.2, 0.25) is 0 Å². The first-order valence-electron chi connectivity index (χ1n) is 6.03. The zero-order valence-electron chi connectivity index (χ0n) is 10.9. The van der Waals surface area contributed by atoms with Crippen molar-refractivity contribution in [3.05, 3.63) is 30.1 Å². The lowest BCUT2D eigenvalue weighted by Gasteiger charge is -2.10. The van der Waals surface area contributed by atoms with Crippen molar-refractivity contribution in [2.24, 2.45) is 0 Å². The number of nitrogens with one attached hydrogen (secondary N) is 1. The molecule has 0 aliphatic carbocycles. The van der Waals surface area contributed by atoms with Crippen LogP contribution in [-0.4, -0.2) is 44.2 Å². The van der Waals surface area contributed by atoms with Crippen LogP contribution in [0.3, 0.4) is 0 Å². The van der Waals surface area contributed by atoms with E-state index >= 15 is 0 Å². The number of aromatic nitrogens is 1. The van der Waals surface area contributed by atoms with Gasteiger partial charge in [-0.3, -0.25) is 4.98 Å². The second kappa shape index (κ2) is 8.63. The van der Waals surface area contributed by atoms with Crippen molar-refractivity contribution in [2.75, 3.05) is 26.0 Å². The molecule has 0 saturated heterocycles. The quantitative estimate of drug-likeness (QED) is 0.682. The highest BCUT2D eigenvalue weighted by molar-refractivity contribution is 9.09. The summed E-state index contributed by atoms with van der Waals surface area (Å²) in [6.45, 7) is 0.983. The lowest BCUT2D eigenvalue weighted by Crippen LogP contribution is -2.30.